The number of aromatic amines is 1. The van der Waals surface area contributed by atoms with Crippen LogP contribution in [0.25, 0.3) is 5.69 Å². The van der Waals surface area contributed by atoms with Crippen molar-refractivity contribution in [2.45, 2.75) is 6.92 Å². The second-order valence-electron chi connectivity index (χ2n) is 4.58. The zero-order valence-corrected chi connectivity index (χ0v) is 12.1. The topological polar surface area (TPSA) is 97.7 Å². The van der Waals surface area contributed by atoms with E-state index < -0.39 is 0 Å². The van der Waals surface area contributed by atoms with Crippen molar-refractivity contribution in [2.24, 2.45) is 0 Å². The van der Waals surface area contributed by atoms with E-state index in [2.05, 4.69) is 25.5 Å². The summed E-state index contributed by atoms with van der Waals surface area (Å²) in [6.07, 6.45) is 4.63. The molecule has 0 spiro atoms. The van der Waals surface area contributed by atoms with Gasteiger partial charge in [0.15, 0.2) is 0 Å². The van der Waals surface area contributed by atoms with Gasteiger partial charge in [0.25, 0.3) is 5.91 Å². The number of ether oxygens (including phenoxy) is 1. The number of nitrogens with one attached hydrogen (secondary N) is 2. The average Bonchev–Trinajstić information content (AvgIpc) is 3.18. The molecule has 0 atom stereocenters. The van der Waals surface area contributed by atoms with Gasteiger partial charge in [-0.2, -0.15) is 0 Å². The molecule has 3 rings (SSSR count). The highest BCUT2D eigenvalue weighted by Gasteiger charge is 2.15. The van der Waals surface area contributed by atoms with Gasteiger partial charge in [0, 0.05) is 5.69 Å². The molecule has 0 aliphatic carbocycles. The molecule has 0 aliphatic rings. The molecule has 0 bridgehead atoms. The van der Waals surface area contributed by atoms with Crippen LogP contribution < -0.4 is 10.1 Å². The molecule has 0 fully saturated rings. The van der Waals surface area contributed by atoms with Crippen LogP contribution in [-0.2, 0) is 0 Å². The lowest BCUT2D eigenvalue weighted by Gasteiger charge is -2.12. The number of nitrogens with zero attached hydrogens (tertiary/aromatic N) is 4. The maximum atomic E-state index is 12.3. The minimum absolute atomic E-state index is 0.307. The van der Waals surface area contributed by atoms with Gasteiger partial charge in [0.1, 0.15) is 24.1 Å². The second-order valence-corrected chi connectivity index (χ2v) is 4.58. The fourth-order valence-electron chi connectivity index (χ4n) is 2.06. The number of amides is 1. The smallest absolute Gasteiger partial charge is 0.276 e. The van der Waals surface area contributed by atoms with Gasteiger partial charge in [-0.15, -0.1) is 10.2 Å². The number of hydrogen-bond acceptors (Lipinski definition) is 5. The van der Waals surface area contributed by atoms with Crippen molar-refractivity contribution in [1.82, 2.24) is 24.7 Å². The first-order chi connectivity index (χ1) is 10.7. The van der Waals surface area contributed by atoms with Crippen molar-refractivity contribution < 1.29 is 9.53 Å². The Kier molecular flexibility index (Phi) is 3.57. The predicted molar refractivity (Wildman–Crippen MR) is 79.2 cm³/mol. The molecule has 3 aromatic rings. The minimum atomic E-state index is -0.307. The first kappa shape index (κ1) is 13.8. The maximum Gasteiger partial charge on any atom is 0.276 e. The van der Waals surface area contributed by atoms with Crippen molar-refractivity contribution in [2.75, 3.05) is 12.4 Å². The lowest BCUT2D eigenvalue weighted by atomic mass is 10.2. The molecule has 2 heterocycles. The quantitative estimate of drug-likeness (QED) is 0.761. The van der Waals surface area contributed by atoms with Gasteiger partial charge in [-0.25, -0.2) is 4.98 Å². The molecule has 22 heavy (non-hydrogen) atoms. The van der Waals surface area contributed by atoms with Crippen LogP contribution in [-0.4, -0.2) is 37.7 Å². The van der Waals surface area contributed by atoms with Gasteiger partial charge in [0.05, 0.1) is 24.8 Å². The largest absolute Gasteiger partial charge is 0.495 e. The van der Waals surface area contributed by atoms with E-state index in [1.807, 2.05) is 6.07 Å². The van der Waals surface area contributed by atoms with Gasteiger partial charge < -0.3 is 15.0 Å². The van der Waals surface area contributed by atoms with Crippen LogP contribution in [0.5, 0.6) is 5.75 Å². The second kappa shape index (κ2) is 5.68. The lowest BCUT2D eigenvalue weighted by molar-refractivity contribution is 0.102. The van der Waals surface area contributed by atoms with Gasteiger partial charge in [0.2, 0.25) is 0 Å². The molecule has 0 unspecified atom stereocenters. The maximum absolute atomic E-state index is 12.3. The molecule has 2 aromatic heterocycles. The number of anilines is 1. The third kappa shape index (κ3) is 2.53. The monoisotopic (exact) mass is 298 g/mol. The molecule has 0 saturated heterocycles. The summed E-state index contributed by atoms with van der Waals surface area (Å²) >= 11 is 0. The summed E-state index contributed by atoms with van der Waals surface area (Å²) in [5.74, 6) is 0.247. The van der Waals surface area contributed by atoms with Crippen molar-refractivity contribution in [3.63, 3.8) is 0 Å². The van der Waals surface area contributed by atoms with E-state index in [9.17, 15) is 4.79 Å². The van der Waals surface area contributed by atoms with Crippen LogP contribution >= 0.6 is 0 Å². The van der Waals surface area contributed by atoms with Crippen molar-refractivity contribution in [3.8, 4) is 11.4 Å². The Morgan fingerprint density at radius 1 is 1.32 bits per heavy atom. The Morgan fingerprint density at radius 2 is 2.09 bits per heavy atom. The molecule has 1 amide bonds. The van der Waals surface area contributed by atoms with E-state index in [0.29, 0.717) is 22.8 Å². The van der Waals surface area contributed by atoms with Gasteiger partial charge >= 0.3 is 0 Å². The van der Waals surface area contributed by atoms with Crippen LogP contribution in [0.4, 0.5) is 5.69 Å². The SMILES string of the molecule is COc1ccc(-n2cnnc2)cc1NC(=O)c1nc[nH]c1C. The van der Waals surface area contributed by atoms with Crippen LogP contribution in [0.2, 0.25) is 0 Å². The minimum Gasteiger partial charge on any atom is -0.495 e. The summed E-state index contributed by atoms with van der Waals surface area (Å²) in [6.45, 7) is 1.78. The zero-order chi connectivity index (χ0) is 15.5. The van der Waals surface area contributed by atoms with Crippen LogP contribution in [0, 0.1) is 6.92 Å². The summed E-state index contributed by atoms with van der Waals surface area (Å²) in [4.78, 5) is 19.2. The van der Waals surface area contributed by atoms with Crippen LogP contribution in [0.15, 0.2) is 37.2 Å². The number of H-pyrrole nitrogens is 1. The summed E-state index contributed by atoms with van der Waals surface area (Å²) in [5, 5.41) is 10.3. The lowest BCUT2D eigenvalue weighted by Crippen LogP contribution is -2.14. The Bertz CT molecular complexity index is 794. The third-order valence-electron chi connectivity index (χ3n) is 3.19. The molecule has 8 nitrogen and oxygen atoms in total. The fraction of sp³-hybridized carbons (Fsp3) is 0.143. The summed E-state index contributed by atoms with van der Waals surface area (Å²) in [6, 6.07) is 5.39. The van der Waals surface area contributed by atoms with E-state index in [-0.39, 0.29) is 5.91 Å². The van der Waals surface area contributed by atoms with E-state index in [0.717, 1.165) is 5.69 Å². The van der Waals surface area contributed by atoms with Gasteiger partial charge in [-0.05, 0) is 25.1 Å². The molecular formula is C14H14N6O2. The Balaban J connectivity index is 1.93. The van der Waals surface area contributed by atoms with E-state index >= 15 is 0 Å². The number of carbonyl (C=O) groups is 1. The first-order valence-electron chi connectivity index (χ1n) is 6.53. The molecule has 112 valence electrons. The number of imidazole rings is 1. The van der Waals surface area contributed by atoms with Crippen LogP contribution in [0.1, 0.15) is 16.2 Å². The molecule has 0 aliphatic heterocycles. The number of methoxy groups -OCH3 is 1. The van der Waals surface area contributed by atoms with Crippen molar-refractivity contribution in [3.05, 3.63) is 48.6 Å². The van der Waals surface area contributed by atoms with E-state index in [4.69, 9.17) is 4.74 Å². The Morgan fingerprint density at radius 3 is 2.73 bits per heavy atom. The van der Waals surface area contributed by atoms with Crippen LogP contribution in [0.3, 0.4) is 0 Å². The highest BCUT2D eigenvalue weighted by Crippen LogP contribution is 2.27. The zero-order valence-electron chi connectivity index (χ0n) is 12.1. The highest BCUT2D eigenvalue weighted by molar-refractivity contribution is 6.04. The number of rotatable bonds is 4. The predicted octanol–water partition coefficient (Wildman–Crippen LogP) is 1.56. The normalized spacial score (nSPS) is 10.5. The van der Waals surface area contributed by atoms with Crippen molar-refractivity contribution in [1.29, 1.82) is 0 Å². The first-order valence-corrected chi connectivity index (χ1v) is 6.53. The number of carbonyl (C=O) groups excluding carboxylic acids is 1. The average molecular weight is 298 g/mol. The number of hydrogen-bond donors (Lipinski definition) is 2. The molecule has 2 N–H and O–H groups in total. The number of aryl methyl sites for hydroxylation is 1. The number of aromatic nitrogens is 5. The van der Waals surface area contributed by atoms with Gasteiger partial charge in [-0.1, -0.05) is 0 Å². The molecule has 0 saturated carbocycles. The highest BCUT2D eigenvalue weighted by atomic mass is 16.5. The summed E-state index contributed by atoms with van der Waals surface area (Å²) in [5.41, 5.74) is 2.39. The summed E-state index contributed by atoms with van der Waals surface area (Å²) < 4.78 is 7.01. The third-order valence-corrected chi connectivity index (χ3v) is 3.19. The van der Waals surface area contributed by atoms with E-state index in [1.165, 1.54) is 6.33 Å². The number of benzene rings is 1. The molecule has 8 heteroatoms. The van der Waals surface area contributed by atoms with E-state index in [1.54, 1.807) is 43.4 Å². The fourth-order valence-corrected chi connectivity index (χ4v) is 2.06. The molecule has 0 radical (unpaired) electrons. The Hall–Kier alpha value is -3.16. The molecule has 1 aromatic carbocycles. The molecular weight excluding hydrogens is 284 g/mol. The Labute approximate surface area is 126 Å². The van der Waals surface area contributed by atoms with Gasteiger partial charge in [-0.3, -0.25) is 9.36 Å². The van der Waals surface area contributed by atoms with Crippen molar-refractivity contribution >= 4 is 11.6 Å². The summed E-state index contributed by atoms with van der Waals surface area (Å²) in [7, 11) is 1.54. The standard InChI is InChI=1S/C14H14N6O2/c1-9-13(16-6-15-9)14(21)19-11-5-10(3-4-12(11)22-2)20-7-17-18-8-20/h3-8H,1-2H3,(H,15,16)(H,19,21).